The molecule has 78 valence electrons. The van der Waals surface area contributed by atoms with Crippen LogP contribution in [0.25, 0.3) is 0 Å². The molecule has 0 spiro atoms. The molecule has 0 aliphatic rings. The Labute approximate surface area is 83.5 Å². The summed E-state index contributed by atoms with van der Waals surface area (Å²) in [6.07, 6.45) is 3.49. The SMILES string of the molecule is C=CCN(C(=O)/C=C/C(=O)O)C(C)C. The van der Waals surface area contributed by atoms with Gasteiger partial charge in [-0.3, -0.25) is 4.79 Å². The van der Waals surface area contributed by atoms with Crippen LogP contribution >= 0.6 is 0 Å². The molecule has 0 aliphatic heterocycles. The first-order chi connectivity index (χ1) is 6.49. The van der Waals surface area contributed by atoms with Crippen LogP contribution in [-0.2, 0) is 9.59 Å². The quantitative estimate of drug-likeness (QED) is 0.529. The lowest BCUT2D eigenvalue weighted by molar-refractivity contribution is -0.132. The zero-order valence-electron chi connectivity index (χ0n) is 8.43. The van der Waals surface area contributed by atoms with Crippen LogP contribution in [0.2, 0.25) is 0 Å². The fourth-order valence-electron chi connectivity index (χ4n) is 0.933. The highest BCUT2D eigenvalue weighted by atomic mass is 16.4. The van der Waals surface area contributed by atoms with Crippen LogP contribution in [-0.4, -0.2) is 34.5 Å². The smallest absolute Gasteiger partial charge is 0.328 e. The highest BCUT2D eigenvalue weighted by molar-refractivity contribution is 5.94. The van der Waals surface area contributed by atoms with Gasteiger partial charge in [-0.15, -0.1) is 6.58 Å². The van der Waals surface area contributed by atoms with Crippen molar-refractivity contribution in [2.75, 3.05) is 6.54 Å². The highest BCUT2D eigenvalue weighted by Gasteiger charge is 2.12. The van der Waals surface area contributed by atoms with E-state index in [2.05, 4.69) is 6.58 Å². The topological polar surface area (TPSA) is 57.6 Å². The van der Waals surface area contributed by atoms with E-state index in [0.29, 0.717) is 6.54 Å². The van der Waals surface area contributed by atoms with E-state index in [1.807, 2.05) is 13.8 Å². The van der Waals surface area contributed by atoms with E-state index < -0.39 is 5.97 Å². The van der Waals surface area contributed by atoms with Crippen LogP contribution in [0.4, 0.5) is 0 Å². The minimum Gasteiger partial charge on any atom is -0.478 e. The molecular formula is C10H15NO3. The van der Waals surface area contributed by atoms with E-state index in [-0.39, 0.29) is 11.9 Å². The predicted octanol–water partition coefficient (Wildman–Crippen LogP) is 1.05. The molecule has 0 heterocycles. The third-order valence-electron chi connectivity index (χ3n) is 1.60. The first-order valence-corrected chi connectivity index (χ1v) is 4.31. The van der Waals surface area contributed by atoms with E-state index in [1.165, 1.54) is 4.90 Å². The Hall–Kier alpha value is -1.58. The predicted molar refractivity (Wildman–Crippen MR) is 53.8 cm³/mol. The lowest BCUT2D eigenvalue weighted by Crippen LogP contribution is -2.35. The van der Waals surface area contributed by atoms with E-state index in [1.54, 1.807) is 6.08 Å². The summed E-state index contributed by atoms with van der Waals surface area (Å²) < 4.78 is 0. The summed E-state index contributed by atoms with van der Waals surface area (Å²) in [5, 5.41) is 8.33. The minimum absolute atomic E-state index is 0.0268. The van der Waals surface area contributed by atoms with Gasteiger partial charge in [0.2, 0.25) is 5.91 Å². The molecule has 0 rings (SSSR count). The van der Waals surface area contributed by atoms with Crippen molar-refractivity contribution in [1.29, 1.82) is 0 Å². The maximum absolute atomic E-state index is 11.4. The van der Waals surface area contributed by atoms with Crippen LogP contribution in [0.3, 0.4) is 0 Å². The summed E-state index contributed by atoms with van der Waals surface area (Å²) in [5.74, 6) is -1.44. The van der Waals surface area contributed by atoms with Gasteiger partial charge in [-0.2, -0.15) is 0 Å². The van der Waals surface area contributed by atoms with Gasteiger partial charge in [0.05, 0.1) is 0 Å². The van der Waals surface area contributed by atoms with Crippen molar-refractivity contribution >= 4 is 11.9 Å². The lowest BCUT2D eigenvalue weighted by Gasteiger charge is -2.23. The monoisotopic (exact) mass is 197 g/mol. The summed E-state index contributed by atoms with van der Waals surface area (Å²) in [7, 11) is 0. The number of hydrogen-bond acceptors (Lipinski definition) is 2. The molecule has 0 bridgehead atoms. The molecule has 0 atom stereocenters. The number of carbonyl (C=O) groups excluding carboxylic acids is 1. The van der Waals surface area contributed by atoms with Gasteiger partial charge in [-0.1, -0.05) is 6.08 Å². The van der Waals surface area contributed by atoms with Crippen LogP contribution in [0, 0.1) is 0 Å². The second-order valence-electron chi connectivity index (χ2n) is 3.04. The Balaban J connectivity index is 4.43. The molecule has 0 fully saturated rings. The van der Waals surface area contributed by atoms with Gasteiger partial charge in [0.25, 0.3) is 0 Å². The number of carbonyl (C=O) groups is 2. The number of amides is 1. The third-order valence-corrected chi connectivity index (χ3v) is 1.60. The lowest BCUT2D eigenvalue weighted by atomic mass is 10.3. The Kier molecular flexibility index (Phi) is 5.29. The average molecular weight is 197 g/mol. The van der Waals surface area contributed by atoms with Gasteiger partial charge in [-0.05, 0) is 13.8 Å². The van der Waals surface area contributed by atoms with E-state index in [4.69, 9.17) is 5.11 Å². The van der Waals surface area contributed by atoms with Gasteiger partial charge in [-0.25, -0.2) is 4.79 Å². The molecule has 4 nitrogen and oxygen atoms in total. The summed E-state index contributed by atoms with van der Waals surface area (Å²) in [6, 6.07) is 0.0268. The zero-order chi connectivity index (χ0) is 11.1. The zero-order valence-corrected chi connectivity index (χ0v) is 8.43. The molecule has 0 aliphatic carbocycles. The van der Waals surface area contributed by atoms with Crippen molar-refractivity contribution < 1.29 is 14.7 Å². The Morgan fingerprint density at radius 1 is 1.43 bits per heavy atom. The van der Waals surface area contributed by atoms with Crippen LogP contribution in [0.5, 0.6) is 0 Å². The molecule has 0 saturated carbocycles. The molecule has 4 heteroatoms. The summed E-state index contributed by atoms with van der Waals surface area (Å²) >= 11 is 0. The maximum Gasteiger partial charge on any atom is 0.328 e. The third kappa shape index (κ3) is 4.45. The Morgan fingerprint density at radius 3 is 2.36 bits per heavy atom. The minimum atomic E-state index is -1.12. The van der Waals surface area contributed by atoms with Gasteiger partial charge in [0.15, 0.2) is 0 Å². The first kappa shape index (κ1) is 12.4. The van der Waals surface area contributed by atoms with Gasteiger partial charge in [0.1, 0.15) is 0 Å². The molecule has 0 aromatic heterocycles. The number of carboxylic acids is 1. The second kappa shape index (κ2) is 5.96. The van der Waals surface area contributed by atoms with E-state index >= 15 is 0 Å². The molecule has 0 unspecified atom stereocenters. The molecule has 14 heavy (non-hydrogen) atoms. The van der Waals surface area contributed by atoms with E-state index in [9.17, 15) is 9.59 Å². The number of rotatable bonds is 5. The largest absolute Gasteiger partial charge is 0.478 e. The van der Waals surface area contributed by atoms with Crippen molar-refractivity contribution in [3.63, 3.8) is 0 Å². The Morgan fingerprint density at radius 2 is 2.00 bits per heavy atom. The number of nitrogens with zero attached hydrogens (tertiary/aromatic N) is 1. The number of hydrogen-bond donors (Lipinski definition) is 1. The molecule has 0 radical (unpaired) electrons. The fourth-order valence-corrected chi connectivity index (χ4v) is 0.933. The van der Waals surface area contributed by atoms with Crippen molar-refractivity contribution in [2.45, 2.75) is 19.9 Å². The summed E-state index contributed by atoms with van der Waals surface area (Å²) in [5.41, 5.74) is 0. The van der Waals surface area contributed by atoms with Gasteiger partial charge < -0.3 is 10.0 Å². The molecular weight excluding hydrogens is 182 g/mol. The van der Waals surface area contributed by atoms with Crippen LogP contribution < -0.4 is 0 Å². The van der Waals surface area contributed by atoms with Gasteiger partial charge in [0, 0.05) is 24.7 Å². The Bertz CT molecular complexity index is 256. The highest BCUT2D eigenvalue weighted by Crippen LogP contribution is 1.99. The normalized spacial score (nSPS) is 10.5. The van der Waals surface area contributed by atoms with E-state index in [0.717, 1.165) is 12.2 Å². The van der Waals surface area contributed by atoms with Crippen LogP contribution in [0.1, 0.15) is 13.8 Å². The standard InChI is InChI=1S/C10H15NO3/c1-4-7-11(8(2)3)9(12)5-6-10(13)14/h4-6,8H,1,7H2,2-3H3,(H,13,14)/b6-5+. The van der Waals surface area contributed by atoms with Crippen molar-refractivity contribution in [3.05, 3.63) is 24.8 Å². The van der Waals surface area contributed by atoms with Crippen molar-refractivity contribution in [3.8, 4) is 0 Å². The molecule has 1 N–H and O–H groups in total. The van der Waals surface area contributed by atoms with Gasteiger partial charge >= 0.3 is 5.97 Å². The van der Waals surface area contributed by atoms with Crippen LogP contribution in [0.15, 0.2) is 24.8 Å². The fraction of sp³-hybridized carbons (Fsp3) is 0.400. The average Bonchev–Trinajstić information content (AvgIpc) is 2.09. The summed E-state index contributed by atoms with van der Waals surface area (Å²) in [6.45, 7) is 7.66. The number of aliphatic carboxylic acids is 1. The molecule has 0 saturated heterocycles. The van der Waals surface area contributed by atoms with Crippen molar-refractivity contribution in [1.82, 2.24) is 4.90 Å². The first-order valence-electron chi connectivity index (χ1n) is 4.31. The second-order valence-corrected chi connectivity index (χ2v) is 3.04. The maximum atomic E-state index is 11.4. The number of carboxylic acid groups (broad SMARTS) is 1. The summed E-state index contributed by atoms with van der Waals surface area (Å²) in [4.78, 5) is 23.1. The molecule has 0 aromatic carbocycles. The van der Waals surface area contributed by atoms with Crippen molar-refractivity contribution in [2.24, 2.45) is 0 Å². The molecule has 1 amide bonds. The molecule has 0 aromatic rings.